The monoisotopic (exact) mass is 439 g/mol. The van der Waals surface area contributed by atoms with Crippen molar-refractivity contribution in [2.45, 2.75) is 13.0 Å². The Morgan fingerprint density at radius 1 is 0.848 bits per heavy atom. The van der Waals surface area contributed by atoms with Gasteiger partial charge in [-0.1, -0.05) is 54.6 Å². The van der Waals surface area contributed by atoms with E-state index in [0.717, 1.165) is 28.0 Å². The summed E-state index contributed by atoms with van der Waals surface area (Å²) >= 11 is 0. The van der Waals surface area contributed by atoms with Gasteiger partial charge >= 0.3 is 0 Å². The van der Waals surface area contributed by atoms with Gasteiger partial charge in [0.05, 0.1) is 25.8 Å². The average molecular weight is 440 g/mol. The smallest absolute Gasteiger partial charge is 0.266 e. The van der Waals surface area contributed by atoms with Crippen molar-refractivity contribution in [3.63, 3.8) is 0 Å². The summed E-state index contributed by atoms with van der Waals surface area (Å²) in [4.78, 5) is 24.5. The first-order valence-electron chi connectivity index (χ1n) is 10.8. The fourth-order valence-corrected chi connectivity index (χ4v) is 3.52. The van der Waals surface area contributed by atoms with E-state index >= 15 is 0 Å². The molecule has 0 unspecified atom stereocenters. The third kappa shape index (κ3) is 5.74. The predicted molar refractivity (Wildman–Crippen MR) is 129 cm³/mol. The van der Waals surface area contributed by atoms with Crippen LogP contribution in [0.5, 0.6) is 5.75 Å². The molecule has 0 aliphatic rings. The molecule has 0 fully saturated rings. The van der Waals surface area contributed by atoms with Gasteiger partial charge in [0, 0.05) is 18.2 Å². The minimum absolute atomic E-state index is 0.0955. The second kappa shape index (κ2) is 10.4. The van der Waals surface area contributed by atoms with Gasteiger partial charge in [-0.15, -0.1) is 0 Å². The van der Waals surface area contributed by atoms with Crippen LogP contribution in [0.25, 0.3) is 22.4 Å². The van der Waals surface area contributed by atoms with E-state index in [9.17, 15) is 9.59 Å². The van der Waals surface area contributed by atoms with E-state index < -0.39 is 0 Å². The van der Waals surface area contributed by atoms with Crippen LogP contribution in [0.3, 0.4) is 0 Å². The average Bonchev–Trinajstić information content (AvgIpc) is 2.86. The van der Waals surface area contributed by atoms with Crippen molar-refractivity contribution < 1.29 is 9.53 Å². The van der Waals surface area contributed by atoms with E-state index in [4.69, 9.17) is 4.74 Å². The maximum Gasteiger partial charge on any atom is 0.266 e. The van der Waals surface area contributed by atoms with Gasteiger partial charge in [-0.05, 0) is 47.0 Å². The number of amides is 1. The second-order valence-electron chi connectivity index (χ2n) is 7.60. The molecule has 0 atom stereocenters. The number of carbonyl (C=O) groups is 1. The van der Waals surface area contributed by atoms with Gasteiger partial charge in [0.15, 0.2) is 0 Å². The Bertz CT molecular complexity index is 1260. The third-order valence-electron chi connectivity index (χ3n) is 5.32. The number of benzene rings is 3. The van der Waals surface area contributed by atoms with Crippen molar-refractivity contribution in [3.05, 3.63) is 107 Å². The number of nitrogens with zero attached hydrogens (tertiary/aromatic N) is 2. The summed E-state index contributed by atoms with van der Waals surface area (Å²) in [6.45, 7) is 0.613. The molecule has 166 valence electrons. The molecule has 0 saturated heterocycles. The highest BCUT2D eigenvalue weighted by molar-refractivity contribution is 5.78. The van der Waals surface area contributed by atoms with Crippen molar-refractivity contribution in [2.24, 2.45) is 0 Å². The molecule has 6 heteroatoms. The number of aromatic nitrogens is 2. The summed E-state index contributed by atoms with van der Waals surface area (Å²) in [5.41, 5.74) is 4.54. The molecular weight excluding hydrogens is 414 g/mol. The lowest BCUT2D eigenvalue weighted by atomic mass is 10.0. The lowest BCUT2D eigenvalue weighted by molar-refractivity contribution is -0.120. The summed E-state index contributed by atoms with van der Waals surface area (Å²) in [6.07, 6.45) is 0.281. The van der Waals surface area contributed by atoms with E-state index in [1.807, 2.05) is 66.7 Å². The Hall–Kier alpha value is -4.19. The molecule has 4 aromatic rings. The highest BCUT2D eigenvalue weighted by atomic mass is 16.5. The zero-order chi connectivity index (χ0) is 23.0. The molecule has 33 heavy (non-hydrogen) atoms. The van der Waals surface area contributed by atoms with Crippen LogP contribution in [-0.4, -0.2) is 29.3 Å². The van der Waals surface area contributed by atoms with Crippen molar-refractivity contribution in [1.29, 1.82) is 0 Å². The first-order chi connectivity index (χ1) is 16.1. The Labute approximate surface area is 192 Å². The van der Waals surface area contributed by atoms with Gasteiger partial charge in [-0.3, -0.25) is 9.59 Å². The maximum atomic E-state index is 12.4. The SMILES string of the molecule is COc1ccc(-c2ccc(=O)n(CCNC(=O)Cc3ccc(-c4ccccc4)cc3)n2)cc1. The number of carbonyl (C=O) groups excluding carboxylic acids is 1. The number of ether oxygens (including phenoxy) is 1. The van der Waals surface area contributed by atoms with Crippen LogP contribution in [0.1, 0.15) is 5.56 Å². The van der Waals surface area contributed by atoms with Gasteiger partial charge in [-0.25, -0.2) is 4.68 Å². The van der Waals surface area contributed by atoms with Gasteiger partial charge in [0.1, 0.15) is 5.75 Å². The summed E-state index contributed by atoms with van der Waals surface area (Å²) in [5, 5.41) is 7.30. The lowest BCUT2D eigenvalue weighted by Crippen LogP contribution is -2.32. The minimum Gasteiger partial charge on any atom is -0.497 e. The molecule has 0 aliphatic heterocycles. The summed E-state index contributed by atoms with van der Waals surface area (Å²) in [7, 11) is 1.61. The number of methoxy groups -OCH3 is 1. The third-order valence-corrected chi connectivity index (χ3v) is 5.32. The van der Waals surface area contributed by atoms with E-state index in [1.54, 1.807) is 13.2 Å². The molecule has 6 nitrogen and oxygen atoms in total. The van der Waals surface area contributed by atoms with E-state index in [0.29, 0.717) is 18.8 Å². The Morgan fingerprint density at radius 3 is 2.21 bits per heavy atom. The van der Waals surface area contributed by atoms with Crippen LogP contribution in [0.2, 0.25) is 0 Å². The number of rotatable bonds is 8. The Morgan fingerprint density at radius 2 is 1.52 bits per heavy atom. The van der Waals surface area contributed by atoms with Crippen LogP contribution in [-0.2, 0) is 17.8 Å². The highest BCUT2D eigenvalue weighted by Crippen LogP contribution is 2.20. The van der Waals surface area contributed by atoms with Crippen LogP contribution < -0.4 is 15.6 Å². The number of hydrogen-bond acceptors (Lipinski definition) is 4. The molecule has 0 aliphatic carbocycles. The zero-order valence-corrected chi connectivity index (χ0v) is 18.4. The first-order valence-corrected chi connectivity index (χ1v) is 10.8. The van der Waals surface area contributed by atoms with E-state index in [2.05, 4.69) is 22.5 Å². The van der Waals surface area contributed by atoms with Gasteiger partial charge in [0.25, 0.3) is 5.56 Å². The normalized spacial score (nSPS) is 10.6. The molecule has 1 aromatic heterocycles. The number of nitrogens with one attached hydrogen (secondary N) is 1. The Balaban J connectivity index is 1.32. The van der Waals surface area contributed by atoms with Crippen molar-refractivity contribution in [2.75, 3.05) is 13.7 Å². The molecule has 0 spiro atoms. The van der Waals surface area contributed by atoms with Crippen molar-refractivity contribution in [3.8, 4) is 28.1 Å². The fraction of sp³-hybridized carbons (Fsp3) is 0.148. The molecule has 1 N–H and O–H groups in total. The van der Waals surface area contributed by atoms with Crippen molar-refractivity contribution in [1.82, 2.24) is 15.1 Å². The van der Waals surface area contributed by atoms with E-state index in [1.165, 1.54) is 10.7 Å². The van der Waals surface area contributed by atoms with Gasteiger partial charge in [-0.2, -0.15) is 5.10 Å². The standard InChI is InChI=1S/C27H25N3O3/c1-33-24-13-11-23(12-14-24)25-15-16-27(32)30(29-25)18-17-28-26(31)19-20-7-9-22(10-8-20)21-5-3-2-4-6-21/h2-16H,17-19H2,1H3,(H,28,31). The van der Waals surface area contributed by atoms with E-state index in [-0.39, 0.29) is 17.9 Å². The highest BCUT2D eigenvalue weighted by Gasteiger charge is 2.07. The quantitative estimate of drug-likeness (QED) is 0.451. The Kier molecular flexibility index (Phi) is 6.95. The summed E-state index contributed by atoms with van der Waals surface area (Å²) < 4.78 is 6.55. The fourth-order valence-electron chi connectivity index (χ4n) is 3.52. The largest absolute Gasteiger partial charge is 0.497 e. The topological polar surface area (TPSA) is 73.2 Å². The molecule has 3 aromatic carbocycles. The molecule has 0 bridgehead atoms. The van der Waals surface area contributed by atoms with Gasteiger partial charge < -0.3 is 10.1 Å². The number of hydrogen-bond donors (Lipinski definition) is 1. The minimum atomic E-state index is -0.210. The molecule has 4 rings (SSSR count). The van der Waals surface area contributed by atoms with Crippen molar-refractivity contribution >= 4 is 5.91 Å². The molecule has 0 radical (unpaired) electrons. The van der Waals surface area contributed by atoms with Crippen LogP contribution >= 0.6 is 0 Å². The molecule has 1 heterocycles. The summed E-state index contributed by atoms with van der Waals surface area (Å²) in [6, 6.07) is 28.7. The van der Waals surface area contributed by atoms with Crippen LogP contribution in [0.4, 0.5) is 0 Å². The summed E-state index contributed by atoms with van der Waals surface area (Å²) in [5.74, 6) is 0.659. The van der Waals surface area contributed by atoms with Crippen LogP contribution in [0.15, 0.2) is 95.8 Å². The van der Waals surface area contributed by atoms with Gasteiger partial charge in [0.2, 0.25) is 5.91 Å². The predicted octanol–water partition coefficient (Wildman–Crippen LogP) is 3.94. The van der Waals surface area contributed by atoms with Crippen LogP contribution in [0, 0.1) is 0 Å². The molecular formula is C27H25N3O3. The second-order valence-corrected chi connectivity index (χ2v) is 7.60. The molecule has 0 saturated carbocycles. The zero-order valence-electron chi connectivity index (χ0n) is 18.4. The lowest BCUT2D eigenvalue weighted by Gasteiger charge is -2.09. The molecule has 1 amide bonds. The maximum absolute atomic E-state index is 12.4. The first kappa shape index (κ1) is 22.0.